The van der Waals surface area contributed by atoms with Crippen LogP contribution >= 0.6 is 0 Å². The van der Waals surface area contributed by atoms with Crippen molar-refractivity contribution in [1.29, 1.82) is 0 Å². The number of ether oxygens (including phenoxy) is 1. The van der Waals surface area contributed by atoms with E-state index in [2.05, 4.69) is 0 Å². The maximum Gasteiger partial charge on any atom is 0.313 e. The van der Waals surface area contributed by atoms with Gasteiger partial charge in [-0.15, -0.1) is 0 Å². The minimum Gasteiger partial charge on any atom is -0.469 e. The normalized spacial score (nSPS) is 32.4. The zero-order valence-corrected chi connectivity index (χ0v) is 12.7. The molecule has 2 rings (SSSR count). The van der Waals surface area contributed by atoms with Gasteiger partial charge in [0.15, 0.2) is 0 Å². The van der Waals surface area contributed by atoms with E-state index in [-0.39, 0.29) is 37.3 Å². The Morgan fingerprint density at radius 3 is 2.57 bits per heavy atom. The molecular weight excluding hydrogens is 276 g/mol. The van der Waals surface area contributed by atoms with Gasteiger partial charge in [0, 0.05) is 33.0 Å². The Labute approximate surface area is 123 Å². The van der Waals surface area contributed by atoms with Gasteiger partial charge >= 0.3 is 5.97 Å². The number of hydrogen-bond acceptors (Lipinski definition) is 5. The smallest absolute Gasteiger partial charge is 0.313 e. The molecule has 2 aliphatic heterocycles. The lowest BCUT2D eigenvalue weighted by molar-refractivity contribution is -0.151. The Kier molecular flexibility index (Phi) is 4.22. The van der Waals surface area contributed by atoms with Crippen molar-refractivity contribution < 1.29 is 24.2 Å². The van der Waals surface area contributed by atoms with E-state index in [1.807, 2.05) is 0 Å². The average Bonchev–Trinajstić information content (AvgIpc) is 3.01. The predicted molar refractivity (Wildman–Crippen MR) is 73.1 cm³/mol. The van der Waals surface area contributed by atoms with Crippen LogP contribution in [-0.2, 0) is 19.1 Å². The molecule has 0 bridgehead atoms. The SMILES string of the molecule is COC(=O)C1(C)CCN(C(=O)[C@H]2C[C@H](O)CN2C(C)=O)C1. The highest BCUT2D eigenvalue weighted by Gasteiger charge is 2.46. The van der Waals surface area contributed by atoms with Gasteiger partial charge in [-0.25, -0.2) is 0 Å². The third-order valence-electron chi connectivity index (χ3n) is 4.43. The second kappa shape index (κ2) is 5.63. The van der Waals surface area contributed by atoms with Crippen LogP contribution in [0.1, 0.15) is 26.7 Å². The van der Waals surface area contributed by atoms with Gasteiger partial charge in [-0.2, -0.15) is 0 Å². The van der Waals surface area contributed by atoms with Gasteiger partial charge in [-0.3, -0.25) is 14.4 Å². The molecule has 7 heteroatoms. The average molecular weight is 298 g/mol. The Bertz CT molecular complexity index is 466. The fourth-order valence-electron chi connectivity index (χ4n) is 3.17. The summed E-state index contributed by atoms with van der Waals surface area (Å²) in [6.45, 7) is 4.10. The summed E-state index contributed by atoms with van der Waals surface area (Å²) in [6.07, 6.45) is 0.127. The van der Waals surface area contributed by atoms with Crippen LogP contribution in [0, 0.1) is 5.41 Å². The number of likely N-dealkylation sites (tertiary alicyclic amines) is 2. The summed E-state index contributed by atoms with van der Waals surface area (Å²) in [5, 5.41) is 9.70. The molecule has 2 aliphatic rings. The van der Waals surface area contributed by atoms with E-state index in [4.69, 9.17) is 4.74 Å². The van der Waals surface area contributed by atoms with Gasteiger partial charge in [-0.05, 0) is 13.3 Å². The molecule has 3 atom stereocenters. The lowest BCUT2D eigenvalue weighted by atomic mass is 9.90. The number of aliphatic hydroxyl groups excluding tert-OH is 1. The van der Waals surface area contributed by atoms with Gasteiger partial charge in [-0.1, -0.05) is 0 Å². The zero-order chi connectivity index (χ0) is 15.8. The third-order valence-corrected chi connectivity index (χ3v) is 4.43. The molecule has 2 saturated heterocycles. The number of amides is 2. The summed E-state index contributed by atoms with van der Waals surface area (Å²) in [7, 11) is 1.34. The molecule has 0 radical (unpaired) electrons. The number of rotatable bonds is 2. The minimum absolute atomic E-state index is 0.188. The van der Waals surface area contributed by atoms with E-state index in [0.29, 0.717) is 13.0 Å². The predicted octanol–water partition coefficient (Wildman–Crippen LogP) is -0.620. The first-order valence-corrected chi connectivity index (χ1v) is 7.11. The van der Waals surface area contributed by atoms with Gasteiger partial charge in [0.25, 0.3) is 0 Å². The number of esters is 1. The molecule has 0 spiro atoms. The van der Waals surface area contributed by atoms with Crippen molar-refractivity contribution in [2.24, 2.45) is 5.41 Å². The first-order chi connectivity index (χ1) is 9.78. The lowest BCUT2D eigenvalue weighted by Gasteiger charge is -2.28. The standard InChI is InChI=1S/C14H22N2O5/c1-9(17)16-7-10(18)6-11(16)12(19)15-5-4-14(2,8-15)13(20)21-3/h10-11,18H,4-8H2,1-3H3/t10-,11+,14?/m0/s1. The van der Waals surface area contributed by atoms with Gasteiger partial charge in [0.1, 0.15) is 6.04 Å². The number of carbonyl (C=O) groups excluding carboxylic acids is 3. The molecular formula is C14H22N2O5. The molecule has 0 aromatic heterocycles. The van der Waals surface area contributed by atoms with Crippen molar-refractivity contribution in [3.05, 3.63) is 0 Å². The first-order valence-electron chi connectivity index (χ1n) is 7.11. The molecule has 21 heavy (non-hydrogen) atoms. The highest BCUT2D eigenvalue weighted by atomic mass is 16.5. The van der Waals surface area contributed by atoms with E-state index in [1.54, 1.807) is 11.8 Å². The Hall–Kier alpha value is -1.63. The molecule has 2 fully saturated rings. The van der Waals surface area contributed by atoms with E-state index >= 15 is 0 Å². The van der Waals surface area contributed by atoms with Crippen molar-refractivity contribution in [3.8, 4) is 0 Å². The summed E-state index contributed by atoms with van der Waals surface area (Å²) in [6, 6.07) is -0.627. The molecule has 1 N–H and O–H groups in total. The topological polar surface area (TPSA) is 87.2 Å². The van der Waals surface area contributed by atoms with Crippen molar-refractivity contribution >= 4 is 17.8 Å². The molecule has 0 aromatic carbocycles. The van der Waals surface area contributed by atoms with E-state index in [0.717, 1.165) is 0 Å². The van der Waals surface area contributed by atoms with Crippen LogP contribution in [0.15, 0.2) is 0 Å². The maximum atomic E-state index is 12.6. The van der Waals surface area contributed by atoms with Crippen LogP contribution in [0.4, 0.5) is 0 Å². The van der Waals surface area contributed by atoms with Crippen molar-refractivity contribution in [2.45, 2.75) is 38.8 Å². The van der Waals surface area contributed by atoms with Crippen molar-refractivity contribution in [3.63, 3.8) is 0 Å². The third kappa shape index (κ3) is 2.88. The summed E-state index contributed by atoms with van der Waals surface area (Å²) < 4.78 is 4.79. The highest BCUT2D eigenvalue weighted by molar-refractivity contribution is 5.89. The lowest BCUT2D eigenvalue weighted by Crippen LogP contribution is -2.47. The van der Waals surface area contributed by atoms with Crippen LogP contribution in [0.25, 0.3) is 0 Å². The maximum absolute atomic E-state index is 12.6. The second-order valence-electron chi connectivity index (χ2n) is 6.14. The van der Waals surface area contributed by atoms with Gasteiger partial charge < -0.3 is 19.6 Å². The quantitative estimate of drug-likeness (QED) is 0.687. The fourth-order valence-corrected chi connectivity index (χ4v) is 3.17. The Balaban J connectivity index is 2.08. The summed E-state index contributed by atoms with van der Waals surface area (Å²) in [4.78, 5) is 38.9. The Morgan fingerprint density at radius 1 is 1.33 bits per heavy atom. The molecule has 0 saturated carbocycles. The number of carbonyl (C=O) groups is 3. The number of hydrogen-bond donors (Lipinski definition) is 1. The zero-order valence-electron chi connectivity index (χ0n) is 12.7. The molecule has 2 amide bonds. The number of aliphatic hydroxyl groups is 1. The van der Waals surface area contributed by atoms with E-state index in [1.165, 1.54) is 18.9 Å². The molecule has 0 aliphatic carbocycles. The van der Waals surface area contributed by atoms with Crippen molar-refractivity contribution in [2.75, 3.05) is 26.7 Å². The molecule has 2 heterocycles. The van der Waals surface area contributed by atoms with Crippen molar-refractivity contribution in [1.82, 2.24) is 9.80 Å². The fraction of sp³-hybridized carbons (Fsp3) is 0.786. The first kappa shape index (κ1) is 15.8. The van der Waals surface area contributed by atoms with Crippen LogP contribution in [-0.4, -0.2) is 71.6 Å². The number of methoxy groups -OCH3 is 1. The van der Waals surface area contributed by atoms with E-state index in [9.17, 15) is 19.5 Å². The summed E-state index contributed by atoms with van der Waals surface area (Å²) in [5.74, 6) is -0.748. The molecule has 1 unspecified atom stereocenters. The van der Waals surface area contributed by atoms with Crippen LogP contribution < -0.4 is 0 Å². The molecule has 7 nitrogen and oxygen atoms in total. The highest BCUT2D eigenvalue weighted by Crippen LogP contribution is 2.33. The van der Waals surface area contributed by atoms with Crippen LogP contribution in [0.2, 0.25) is 0 Å². The largest absolute Gasteiger partial charge is 0.469 e. The number of nitrogens with zero attached hydrogens (tertiary/aromatic N) is 2. The van der Waals surface area contributed by atoms with Crippen LogP contribution in [0.5, 0.6) is 0 Å². The van der Waals surface area contributed by atoms with Gasteiger partial charge in [0.05, 0.1) is 18.6 Å². The second-order valence-corrected chi connectivity index (χ2v) is 6.14. The number of β-amino-alcohol motifs (C(OH)–C–C–N with tert-alkyl or cyclic N) is 1. The molecule has 0 aromatic rings. The van der Waals surface area contributed by atoms with E-state index < -0.39 is 17.6 Å². The van der Waals surface area contributed by atoms with Gasteiger partial charge in [0.2, 0.25) is 11.8 Å². The summed E-state index contributed by atoms with van der Waals surface area (Å²) >= 11 is 0. The molecule has 118 valence electrons. The van der Waals surface area contributed by atoms with Crippen LogP contribution in [0.3, 0.4) is 0 Å². The Morgan fingerprint density at radius 2 is 2.00 bits per heavy atom. The monoisotopic (exact) mass is 298 g/mol. The summed E-state index contributed by atoms with van der Waals surface area (Å²) in [5.41, 5.74) is -0.692. The minimum atomic E-state index is -0.692.